The molecule has 41 heavy (non-hydrogen) atoms. The van der Waals surface area contributed by atoms with E-state index in [1.165, 1.54) is 37.5 Å². The largest absolute Gasteiger partial charge is 0.496 e. The van der Waals surface area contributed by atoms with E-state index in [2.05, 4.69) is 18.7 Å². The lowest BCUT2D eigenvalue weighted by molar-refractivity contribution is -0.249. The molecule has 2 aromatic carbocycles. The molecule has 1 aliphatic rings. The first-order valence-corrected chi connectivity index (χ1v) is 13.3. The highest BCUT2D eigenvalue weighted by Crippen LogP contribution is 2.56. The van der Waals surface area contributed by atoms with E-state index in [9.17, 15) is 15.8 Å². The van der Waals surface area contributed by atoms with E-state index in [0.717, 1.165) is 50.5 Å². The summed E-state index contributed by atoms with van der Waals surface area (Å²) in [6.07, 6.45) is 1.63. The number of anilines is 1. The van der Waals surface area contributed by atoms with Gasteiger partial charge in [0.2, 0.25) is 0 Å². The molecule has 1 heterocycles. The number of unbranched alkanes of at least 4 members (excludes halogenated alkanes) is 2. The molecule has 9 heteroatoms. The Hall–Kier alpha value is -4.68. The van der Waals surface area contributed by atoms with Gasteiger partial charge in [-0.2, -0.15) is 29.0 Å². The second kappa shape index (κ2) is 13.6. The number of nitrogens with zero attached hydrogens (tertiary/aromatic N) is 4. The summed E-state index contributed by atoms with van der Waals surface area (Å²) in [6.45, 7) is 5.98. The summed E-state index contributed by atoms with van der Waals surface area (Å²) in [4.78, 5) is 2.26. The van der Waals surface area contributed by atoms with Crippen LogP contribution in [0.15, 0.2) is 77.1 Å². The second-order valence-corrected chi connectivity index (χ2v) is 9.43. The molecule has 6 nitrogen and oxygen atoms in total. The molecule has 212 valence electrons. The molecule has 2 aromatic rings. The van der Waals surface area contributed by atoms with Crippen LogP contribution >= 0.6 is 0 Å². The standard InChI is InChI=1S/C32H31F3N4O2/c1-4-6-17-39(18-7-5-2)26-15-13-23(29(19-26)40-3)14-16-28-27(22-38)30(24(20-36)21-37)41-31(28,32(33,34)35)25-11-9-8-10-12-25/h8-16,19H,4-7,17-18H2,1-3H3. The minimum absolute atomic E-state index is 0.296. The molecular formula is C32H31F3N4O2. The molecule has 3 rings (SSSR count). The van der Waals surface area contributed by atoms with Crippen LogP contribution in [-0.4, -0.2) is 26.4 Å². The lowest BCUT2D eigenvalue weighted by Gasteiger charge is -2.33. The number of alkyl halides is 3. The van der Waals surface area contributed by atoms with Crippen molar-refractivity contribution in [1.29, 1.82) is 15.8 Å². The van der Waals surface area contributed by atoms with E-state index in [1.807, 2.05) is 12.1 Å². The molecule has 0 saturated carbocycles. The van der Waals surface area contributed by atoms with Crippen LogP contribution in [0.3, 0.4) is 0 Å². The molecule has 0 amide bonds. The van der Waals surface area contributed by atoms with Gasteiger partial charge in [0.1, 0.15) is 29.5 Å². The first-order valence-electron chi connectivity index (χ1n) is 13.3. The predicted octanol–water partition coefficient (Wildman–Crippen LogP) is 7.72. The summed E-state index contributed by atoms with van der Waals surface area (Å²) >= 11 is 0. The van der Waals surface area contributed by atoms with Gasteiger partial charge in [0, 0.05) is 41.5 Å². The Morgan fingerprint density at radius 3 is 2.12 bits per heavy atom. The minimum atomic E-state index is -5.05. The fraction of sp³-hybridized carbons (Fsp3) is 0.344. The zero-order valence-corrected chi connectivity index (χ0v) is 23.3. The molecule has 0 N–H and O–H groups in total. The predicted molar refractivity (Wildman–Crippen MR) is 150 cm³/mol. The number of allylic oxidation sites excluding steroid dienone is 2. The Balaban J connectivity index is 2.22. The summed E-state index contributed by atoms with van der Waals surface area (Å²) in [5.74, 6) is -0.263. The zero-order valence-electron chi connectivity index (χ0n) is 23.3. The van der Waals surface area contributed by atoms with Gasteiger partial charge in [0.25, 0.3) is 5.60 Å². The fourth-order valence-electron chi connectivity index (χ4n) is 4.71. The molecule has 0 fully saturated rings. The van der Waals surface area contributed by atoms with Gasteiger partial charge in [-0.25, -0.2) is 0 Å². The topological polar surface area (TPSA) is 93.1 Å². The normalized spacial score (nSPS) is 16.6. The number of nitriles is 3. The van der Waals surface area contributed by atoms with E-state index >= 15 is 13.2 Å². The van der Waals surface area contributed by atoms with Crippen molar-refractivity contribution >= 4 is 11.8 Å². The Bertz CT molecular complexity index is 1430. The summed E-state index contributed by atoms with van der Waals surface area (Å²) in [5.41, 5.74) is -3.79. The average Bonchev–Trinajstić information content (AvgIpc) is 3.32. The molecule has 0 spiro atoms. The zero-order chi connectivity index (χ0) is 30.0. The van der Waals surface area contributed by atoms with Crippen molar-refractivity contribution in [1.82, 2.24) is 0 Å². The average molecular weight is 561 g/mol. The third kappa shape index (κ3) is 6.23. The highest BCUT2D eigenvalue weighted by molar-refractivity contribution is 5.70. The van der Waals surface area contributed by atoms with Crippen molar-refractivity contribution in [2.75, 3.05) is 25.1 Å². The first-order chi connectivity index (χ1) is 19.7. The van der Waals surface area contributed by atoms with Crippen molar-refractivity contribution in [2.24, 2.45) is 0 Å². The van der Waals surface area contributed by atoms with Gasteiger partial charge >= 0.3 is 6.18 Å². The summed E-state index contributed by atoms with van der Waals surface area (Å²) in [7, 11) is 1.48. The van der Waals surface area contributed by atoms with Crippen molar-refractivity contribution in [3.05, 3.63) is 88.2 Å². The van der Waals surface area contributed by atoms with Crippen LogP contribution in [0.5, 0.6) is 5.75 Å². The van der Waals surface area contributed by atoms with Gasteiger partial charge in [-0.15, -0.1) is 0 Å². The maximum Gasteiger partial charge on any atom is 0.437 e. The van der Waals surface area contributed by atoms with Crippen molar-refractivity contribution in [3.63, 3.8) is 0 Å². The van der Waals surface area contributed by atoms with Crippen molar-refractivity contribution < 1.29 is 22.6 Å². The van der Waals surface area contributed by atoms with Crippen LogP contribution < -0.4 is 9.64 Å². The molecule has 0 radical (unpaired) electrons. The number of hydrogen-bond donors (Lipinski definition) is 0. The van der Waals surface area contributed by atoms with Gasteiger partial charge in [-0.1, -0.05) is 69.2 Å². The van der Waals surface area contributed by atoms with E-state index in [0.29, 0.717) is 11.3 Å². The van der Waals surface area contributed by atoms with Gasteiger partial charge in [0.05, 0.1) is 7.11 Å². The maximum absolute atomic E-state index is 15.0. The molecule has 1 atom stereocenters. The number of ether oxygens (including phenoxy) is 2. The highest BCUT2D eigenvalue weighted by Gasteiger charge is 2.65. The monoisotopic (exact) mass is 560 g/mol. The molecular weight excluding hydrogens is 529 g/mol. The van der Waals surface area contributed by atoms with Gasteiger partial charge in [-0.3, -0.25) is 0 Å². The Labute approximate surface area is 238 Å². The molecule has 0 saturated heterocycles. The number of rotatable bonds is 11. The quantitative estimate of drug-likeness (QED) is 0.261. The summed E-state index contributed by atoms with van der Waals surface area (Å²) < 4.78 is 56.1. The number of methoxy groups -OCH3 is 1. The summed E-state index contributed by atoms with van der Waals surface area (Å²) in [5, 5.41) is 28.8. The SMILES string of the molecule is CCCCN(CCCC)c1ccc(C=CC2=C(C#N)C(=C(C#N)C#N)OC2(c2ccccc2)C(F)(F)F)c(OC)c1. The van der Waals surface area contributed by atoms with Crippen LogP contribution in [0.25, 0.3) is 6.08 Å². The molecule has 0 bridgehead atoms. The van der Waals surface area contributed by atoms with Crippen molar-refractivity contribution in [3.8, 4) is 24.0 Å². The van der Waals surface area contributed by atoms with Crippen LogP contribution in [0, 0.1) is 34.0 Å². The smallest absolute Gasteiger partial charge is 0.437 e. The fourth-order valence-corrected chi connectivity index (χ4v) is 4.71. The van der Waals surface area contributed by atoms with Gasteiger partial charge < -0.3 is 14.4 Å². The Kier molecular flexibility index (Phi) is 10.2. The second-order valence-electron chi connectivity index (χ2n) is 9.43. The van der Waals surface area contributed by atoms with Crippen LogP contribution in [0.1, 0.15) is 50.7 Å². The number of benzene rings is 2. The van der Waals surface area contributed by atoms with Crippen LogP contribution in [-0.2, 0) is 10.3 Å². The third-order valence-electron chi connectivity index (χ3n) is 6.85. The third-order valence-corrected chi connectivity index (χ3v) is 6.85. The first kappa shape index (κ1) is 30.9. The molecule has 1 unspecified atom stereocenters. The Morgan fingerprint density at radius 2 is 1.61 bits per heavy atom. The van der Waals surface area contributed by atoms with E-state index in [4.69, 9.17) is 9.47 Å². The molecule has 1 aliphatic heterocycles. The van der Waals surface area contributed by atoms with E-state index in [1.54, 1.807) is 30.3 Å². The van der Waals surface area contributed by atoms with Crippen LogP contribution in [0.2, 0.25) is 0 Å². The van der Waals surface area contributed by atoms with E-state index < -0.39 is 34.3 Å². The number of hydrogen-bond acceptors (Lipinski definition) is 6. The maximum atomic E-state index is 15.0. The lowest BCUT2D eigenvalue weighted by Crippen LogP contribution is -2.43. The molecule has 0 aliphatic carbocycles. The number of halogens is 3. The highest BCUT2D eigenvalue weighted by atomic mass is 19.4. The van der Waals surface area contributed by atoms with Gasteiger partial charge in [-0.05, 0) is 25.0 Å². The van der Waals surface area contributed by atoms with Gasteiger partial charge in [0.15, 0.2) is 11.3 Å². The van der Waals surface area contributed by atoms with E-state index in [-0.39, 0.29) is 5.56 Å². The van der Waals surface area contributed by atoms with Crippen molar-refractivity contribution in [2.45, 2.75) is 51.3 Å². The Morgan fingerprint density at radius 1 is 0.976 bits per heavy atom. The summed E-state index contributed by atoms with van der Waals surface area (Å²) in [6, 6.07) is 17.2. The van der Waals surface area contributed by atoms with Crippen LogP contribution in [0.4, 0.5) is 18.9 Å². The molecule has 0 aromatic heterocycles. The lowest BCUT2D eigenvalue weighted by atomic mass is 9.83. The minimum Gasteiger partial charge on any atom is -0.496 e.